The Kier molecular flexibility index (Phi) is 4.04. The molecule has 0 aromatic carbocycles. The van der Waals surface area contributed by atoms with E-state index in [1.807, 2.05) is 0 Å². The number of nitrogens with zero attached hydrogens (tertiary/aromatic N) is 1. The van der Waals surface area contributed by atoms with Crippen LogP contribution < -0.4 is 0 Å². The van der Waals surface area contributed by atoms with Crippen LogP contribution in [-0.2, 0) is 14.4 Å². The number of imide groups is 1. The van der Waals surface area contributed by atoms with Crippen molar-refractivity contribution in [3.63, 3.8) is 0 Å². The van der Waals surface area contributed by atoms with E-state index in [0.717, 1.165) is 4.90 Å². The number of carbonyl (C=O) groups is 3. The van der Waals surface area contributed by atoms with Crippen LogP contribution in [0.3, 0.4) is 0 Å². The summed E-state index contributed by atoms with van der Waals surface area (Å²) in [5, 5.41) is 0. The smallest absolute Gasteiger partial charge is 0.263 e. The molecule has 4 heteroatoms. The Labute approximate surface area is 77.2 Å². The minimum atomic E-state index is -0.553. The Morgan fingerprint density at radius 3 is 1.85 bits per heavy atom. The van der Waals surface area contributed by atoms with Crippen molar-refractivity contribution in [3.05, 3.63) is 11.6 Å². The van der Waals surface area contributed by atoms with Crippen molar-refractivity contribution < 1.29 is 14.4 Å². The number of hydrogen-bond donors (Lipinski definition) is 0. The van der Waals surface area contributed by atoms with Gasteiger partial charge in [0.05, 0.1) is 5.57 Å². The van der Waals surface area contributed by atoms with Gasteiger partial charge in [-0.25, -0.2) is 0 Å². The fourth-order valence-electron chi connectivity index (χ4n) is 0.801. The van der Waals surface area contributed by atoms with Gasteiger partial charge in [0.15, 0.2) is 5.78 Å². The molecule has 0 rings (SSSR count). The molecule has 4 nitrogen and oxygen atoms in total. The van der Waals surface area contributed by atoms with Gasteiger partial charge in [0.1, 0.15) is 0 Å². The van der Waals surface area contributed by atoms with Crippen molar-refractivity contribution in [1.29, 1.82) is 0 Å². The third kappa shape index (κ3) is 2.82. The molecule has 0 N–H and O–H groups in total. The number of Topliss-reactive ketones (excluding diaryl/α,β-unsaturated/α-hetero) is 1. The summed E-state index contributed by atoms with van der Waals surface area (Å²) in [7, 11) is 1.34. The number of amides is 2. The average molecular weight is 183 g/mol. The van der Waals surface area contributed by atoms with Crippen LogP contribution in [0.1, 0.15) is 20.8 Å². The molecule has 2 amide bonds. The van der Waals surface area contributed by atoms with Crippen molar-refractivity contribution >= 4 is 17.6 Å². The van der Waals surface area contributed by atoms with Crippen LogP contribution >= 0.6 is 0 Å². The van der Waals surface area contributed by atoms with Crippen molar-refractivity contribution in [2.75, 3.05) is 7.05 Å². The minimum Gasteiger partial charge on any atom is -0.294 e. The summed E-state index contributed by atoms with van der Waals surface area (Å²) in [6.07, 6.45) is 1.41. The van der Waals surface area contributed by atoms with Gasteiger partial charge >= 0.3 is 0 Å². The highest BCUT2D eigenvalue weighted by Gasteiger charge is 2.19. The van der Waals surface area contributed by atoms with Crippen LogP contribution in [0, 0.1) is 0 Å². The third-order valence-electron chi connectivity index (χ3n) is 1.68. The first-order valence-electron chi connectivity index (χ1n) is 3.87. The molecule has 0 aromatic heterocycles. The van der Waals surface area contributed by atoms with Gasteiger partial charge in [-0.2, -0.15) is 0 Å². The molecule has 0 saturated carbocycles. The maximum Gasteiger partial charge on any atom is 0.263 e. The van der Waals surface area contributed by atoms with E-state index in [-0.39, 0.29) is 17.3 Å². The summed E-state index contributed by atoms with van der Waals surface area (Å²) in [6.45, 7) is 4.15. The molecule has 0 aliphatic carbocycles. The Morgan fingerprint density at radius 2 is 1.62 bits per heavy atom. The standard InChI is InChI=1S/C9H13NO3/c1-5-8(6(2)11)9(13)10(4)7(3)12/h5H,1-4H3/b8-5-. The highest BCUT2D eigenvalue weighted by molar-refractivity contribution is 6.21. The second kappa shape index (κ2) is 4.54. The molecule has 0 atom stereocenters. The lowest BCUT2D eigenvalue weighted by Crippen LogP contribution is -2.33. The molecule has 72 valence electrons. The fraction of sp³-hybridized carbons (Fsp3) is 0.444. The lowest BCUT2D eigenvalue weighted by Gasteiger charge is -2.13. The van der Waals surface area contributed by atoms with E-state index >= 15 is 0 Å². The summed E-state index contributed by atoms with van der Waals surface area (Å²) in [5.41, 5.74) is 0.0395. The van der Waals surface area contributed by atoms with Crippen molar-refractivity contribution in [1.82, 2.24) is 4.90 Å². The van der Waals surface area contributed by atoms with Gasteiger partial charge in [-0.15, -0.1) is 0 Å². The van der Waals surface area contributed by atoms with Crippen LogP contribution in [0.4, 0.5) is 0 Å². The summed E-state index contributed by atoms with van der Waals surface area (Å²) in [5.74, 6) is -1.27. The summed E-state index contributed by atoms with van der Waals surface area (Å²) >= 11 is 0. The first-order valence-corrected chi connectivity index (χ1v) is 3.87. The van der Waals surface area contributed by atoms with Gasteiger partial charge < -0.3 is 0 Å². The fourth-order valence-corrected chi connectivity index (χ4v) is 0.801. The second-order valence-corrected chi connectivity index (χ2v) is 2.64. The van der Waals surface area contributed by atoms with Crippen molar-refractivity contribution in [2.24, 2.45) is 0 Å². The van der Waals surface area contributed by atoms with Gasteiger partial charge in [-0.1, -0.05) is 6.08 Å². The van der Waals surface area contributed by atoms with Crippen molar-refractivity contribution in [3.8, 4) is 0 Å². The molecule has 0 bridgehead atoms. The highest BCUT2D eigenvalue weighted by atomic mass is 16.2. The SMILES string of the molecule is C/C=C(/C(C)=O)C(=O)N(C)C(C)=O. The zero-order chi connectivity index (χ0) is 10.6. The molecule has 0 radical (unpaired) electrons. The molecular formula is C9H13NO3. The molecular weight excluding hydrogens is 170 g/mol. The van der Waals surface area contributed by atoms with E-state index in [4.69, 9.17) is 0 Å². The Balaban J connectivity index is 4.78. The molecule has 0 fully saturated rings. The first kappa shape index (κ1) is 11.6. The van der Waals surface area contributed by atoms with Gasteiger partial charge in [0.2, 0.25) is 5.91 Å². The van der Waals surface area contributed by atoms with E-state index in [1.54, 1.807) is 6.92 Å². The van der Waals surface area contributed by atoms with Gasteiger partial charge in [-0.3, -0.25) is 19.3 Å². The van der Waals surface area contributed by atoms with Gasteiger partial charge in [0.25, 0.3) is 5.91 Å². The molecule has 0 aliphatic heterocycles. The van der Waals surface area contributed by atoms with Crippen LogP contribution in [0.2, 0.25) is 0 Å². The third-order valence-corrected chi connectivity index (χ3v) is 1.68. The number of hydrogen-bond acceptors (Lipinski definition) is 3. The minimum absolute atomic E-state index is 0.0395. The molecule has 0 saturated heterocycles. The van der Waals surface area contributed by atoms with E-state index in [0.29, 0.717) is 0 Å². The Hall–Kier alpha value is -1.45. The van der Waals surface area contributed by atoms with Crippen LogP contribution in [0.25, 0.3) is 0 Å². The maximum atomic E-state index is 11.4. The number of likely N-dealkylation sites (N-methyl/N-ethyl adjacent to an activating group) is 1. The van der Waals surface area contributed by atoms with Crippen LogP contribution in [0.15, 0.2) is 11.6 Å². The predicted octanol–water partition coefficient (Wildman–Crippen LogP) is 0.527. The van der Waals surface area contributed by atoms with E-state index in [9.17, 15) is 14.4 Å². The second-order valence-electron chi connectivity index (χ2n) is 2.64. The largest absolute Gasteiger partial charge is 0.294 e. The number of ketones is 1. The lowest BCUT2D eigenvalue weighted by molar-refractivity contribution is -0.139. The van der Waals surface area contributed by atoms with Crippen LogP contribution in [-0.4, -0.2) is 29.5 Å². The lowest BCUT2D eigenvalue weighted by atomic mass is 10.1. The molecule has 0 aliphatic rings. The van der Waals surface area contributed by atoms with Gasteiger partial charge in [-0.05, 0) is 13.8 Å². The molecule has 0 unspecified atom stereocenters. The average Bonchev–Trinajstić information content (AvgIpc) is 2.03. The van der Waals surface area contributed by atoms with E-state index in [2.05, 4.69) is 0 Å². The summed E-state index contributed by atoms with van der Waals surface area (Å²) < 4.78 is 0. The van der Waals surface area contributed by atoms with Crippen molar-refractivity contribution in [2.45, 2.75) is 20.8 Å². The van der Waals surface area contributed by atoms with E-state index in [1.165, 1.54) is 27.0 Å². The molecule has 13 heavy (non-hydrogen) atoms. The van der Waals surface area contributed by atoms with E-state index < -0.39 is 5.91 Å². The summed E-state index contributed by atoms with van der Waals surface area (Å²) in [4.78, 5) is 34.0. The number of carbonyl (C=O) groups excluding carboxylic acids is 3. The predicted molar refractivity (Wildman–Crippen MR) is 47.9 cm³/mol. The topological polar surface area (TPSA) is 54.5 Å². The van der Waals surface area contributed by atoms with Crippen LogP contribution in [0.5, 0.6) is 0 Å². The normalized spacial score (nSPS) is 10.9. The monoisotopic (exact) mass is 183 g/mol. The maximum absolute atomic E-state index is 11.4. The molecule has 0 heterocycles. The number of allylic oxidation sites excluding steroid dienone is 1. The Bertz CT molecular complexity index is 279. The quantitative estimate of drug-likeness (QED) is 0.356. The summed E-state index contributed by atoms with van der Waals surface area (Å²) in [6, 6.07) is 0. The Morgan fingerprint density at radius 1 is 1.15 bits per heavy atom. The number of rotatable bonds is 2. The van der Waals surface area contributed by atoms with Gasteiger partial charge in [0, 0.05) is 14.0 Å². The highest BCUT2D eigenvalue weighted by Crippen LogP contribution is 2.01. The first-order chi connectivity index (χ1) is 5.91. The molecule has 0 aromatic rings. The zero-order valence-electron chi connectivity index (χ0n) is 8.25. The zero-order valence-corrected chi connectivity index (χ0v) is 8.25. The molecule has 0 spiro atoms.